The molecule has 5 nitrogen and oxygen atoms in total. The number of hydrogen-bond acceptors (Lipinski definition) is 4. The number of para-hydroxylation sites is 1. The van der Waals surface area contributed by atoms with Crippen molar-refractivity contribution in [2.24, 2.45) is 0 Å². The molecule has 1 aromatic rings. The van der Waals surface area contributed by atoms with Crippen LogP contribution < -0.4 is 10.6 Å². The van der Waals surface area contributed by atoms with E-state index in [2.05, 4.69) is 28.5 Å². The second-order valence-corrected chi connectivity index (χ2v) is 6.88. The largest absolute Gasteiger partial charge is 0.396 e. The Morgan fingerprint density at radius 2 is 1.88 bits per heavy atom. The summed E-state index contributed by atoms with van der Waals surface area (Å²) in [4.78, 5) is 11.7. The molecule has 1 aliphatic carbocycles. The molecule has 0 heterocycles. The van der Waals surface area contributed by atoms with Crippen LogP contribution in [0.2, 0.25) is 0 Å². The monoisotopic (exact) mass is 358 g/mol. The molecule has 1 fully saturated rings. The normalized spacial score (nSPS) is 15.8. The molecular weight excluding hydrogens is 328 g/mol. The summed E-state index contributed by atoms with van der Waals surface area (Å²) in [6, 6.07) is 7.90. The highest BCUT2D eigenvalue weighted by atomic mass is 16.3. The van der Waals surface area contributed by atoms with Gasteiger partial charge in [-0.15, -0.1) is 5.92 Å². The van der Waals surface area contributed by atoms with Gasteiger partial charge in [0.2, 0.25) is 5.91 Å². The highest BCUT2D eigenvalue weighted by Gasteiger charge is 2.35. The predicted octanol–water partition coefficient (Wildman–Crippen LogP) is 2.18. The number of carbonyl (C=O) groups excluding carboxylic acids is 1. The molecule has 0 saturated heterocycles. The summed E-state index contributed by atoms with van der Waals surface area (Å²) in [5.41, 5.74) is 1.87. The number of hydrogen-bond donors (Lipinski definition) is 4. The van der Waals surface area contributed by atoms with Crippen LogP contribution in [-0.2, 0) is 10.2 Å². The molecule has 26 heavy (non-hydrogen) atoms. The Balaban J connectivity index is 2.14. The summed E-state index contributed by atoms with van der Waals surface area (Å²) < 4.78 is 0. The quantitative estimate of drug-likeness (QED) is 0.424. The Bertz CT molecular complexity index is 628. The smallest absolute Gasteiger partial charge is 0.250 e. The minimum atomic E-state index is -0.513. The topological polar surface area (TPSA) is 81.6 Å². The maximum Gasteiger partial charge on any atom is 0.250 e. The molecule has 4 N–H and O–H groups in total. The van der Waals surface area contributed by atoms with Gasteiger partial charge in [-0.2, -0.15) is 0 Å². The van der Waals surface area contributed by atoms with E-state index in [0.717, 1.165) is 43.5 Å². The van der Waals surface area contributed by atoms with Gasteiger partial charge in [0.1, 0.15) is 6.61 Å². The molecule has 0 unspecified atom stereocenters. The second kappa shape index (κ2) is 11.0. The lowest BCUT2D eigenvalue weighted by molar-refractivity contribution is -0.118. The number of benzene rings is 1. The number of carbonyl (C=O) groups is 1. The van der Waals surface area contributed by atoms with Gasteiger partial charge in [-0.3, -0.25) is 4.79 Å². The van der Waals surface area contributed by atoms with E-state index in [9.17, 15) is 4.79 Å². The van der Waals surface area contributed by atoms with Crippen molar-refractivity contribution >= 4 is 11.6 Å². The third-order valence-electron chi connectivity index (χ3n) is 5.00. The molecule has 0 aromatic heterocycles. The van der Waals surface area contributed by atoms with E-state index < -0.39 is 6.61 Å². The van der Waals surface area contributed by atoms with E-state index in [-0.39, 0.29) is 17.9 Å². The highest BCUT2D eigenvalue weighted by molar-refractivity contribution is 5.92. The average molecular weight is 358 g/mol. The van der Waals surface area contributed by atoms with Crippen molar-refractivity contribution in [2.45, 2.75) is 50.4 Å². The number of aliphatic hydroxyl groups is 2. The van der Waals surface area contributed by atoms with Crippen LogP contribution in [0.5, 0.6) is 0 Å². The van der Waals surface area contributed by atoms with E-state index in [0.29, 0.717) is 6.54 Å². The zero-order valence-electron chi connectivity index (χ0n) is 15.4. The maximum atomic E-state index is 11.7. The number of rotatable bonds is 8. The molecular formula is C21H30N2O3. The third-order valence-corrected chi connectivity index (χ3v) is 5.00. The van der Waals surface area contributed by atoms with Gasteiger partial charge in [-0.25, -0.2) is 0 Å². The summed E-state index contributed by atoms with van der Waals surface area (Å²) in [6.45, 7) is 1.08. The first-order chi connectivity index (χ1) is 12.7. The first-order valence-electron chi connectivity index (χ1n) is 9.49. The van der Waals surface area contributed by atoms with Crippen molar-refractivity contribution < 1.29 is 15.0 Å². The van der Waals surface area contributed by atoms with Crippen molar-refractivity contribution in [1.82, 2.24) is 5.32 Å². The molecule has 1 amide bonds. The first kappa shape index (κ1) is 20.4. The van der Waals surface area contributed by atoms with Gasteiger partial charge < -0.3 is 20.8 Å². The van der Waals surface area contributed by atoms with Crippen molar-refractivity contribution in [3.8, 4) is 11.8 Å². The molecule has 5 heteroatoms. The Labute approximate surface area is 156 Å². The second-order valence-electron chi connectivity index (χ2n) is 6.88. The van der Waals surface area contributed by atoms with Crippen molar-refractivity contribution in [3.63, 3.8) is 0 Å². The number of aliphatic hydroxyl groups excluding tert-OH is 2. The average Bonchev–Trinajstić information content (AvgIpc) is 2.68. The maximum absolute atomic E-state index is 11.7. The van der Waals surface area contributed by atoms with Crippen LogP contribution in [0.25, 0.3) is 0 Å². The van der Waals surface area contributed by atoms with E-state index in [1.165, 1.54) is 19.3 Å². The SMILES string of the molecule is O=C(CO)Nc1ccccc1C1(CC#CCNCCCO)CCCCC1. The summed E-state index contributed by atoms with van der Waals surface area (Å²) in [7, 11) is 0. The first-order valence-corrected chi connectivity index (χ1v) is 9.49. The lowest BCUT2D eigenvalue weighted by Crippen LogP contribution is -2.30. The molecule has 0 aliphatic heterocycles. The van der Waals surface area contributed by atoms with Crippen molar-refractivity contribution in [2.75, 3.05) is 31.6 Å². The number of amides is 1. The summed E-state index contributed by atoms with van der Waals surface area (Å²) in [5, 5.41) is 23.9. The Kier molecular flexibility index (Phi) is 8.63. The lowest BCUT2D eigenvalue weighted by Gasteiger charge is -2.38. The van der Waals surface area contributed by atoms with Gasteiger partial charge in [0.25, 0.3) is 0 Å². The van der Waals surface area contributed by atoms with Gasteiger partial charge in [-0.05, 0) is 37.4 Å². The number of nitrogens with one attached hydrogen (secondary N) is 2. The van der Waals surface area contributed by atoms with Crippen LogP contribution >= 0.6 is 0 Å². The molecule has 142 valence electrons. The molecule has 1 aromatic carbocycles. The molecule has 2 rings (SSSR count). The molecule has 0 bridgehead atoms. The van der Waals surface area contributed by atoms with Crippen molar-refractivity contribution in [3.05, 3.63) is 29.8 Å². The predicted molar refractivity (Wildman–Crippen MR) is 104 cm³/mol. The molecule has 1 saturated carbocycles. The van der Waals surface area contributed by atoms with E-state index in [4.69, 9.17) is 10.2 Å². The Hall–Kier alpha value is -1.87. The van der Waals surface area contributed by atoms with Crippen LogP contribution in [0.4, 0.5) is 5.69 Å². The van der Waals surface area contributed by atoms with Gasteiger partial charge >= 0.3 is 0 Å². The van der Waals surface area contributed by atoms with Gasteiger partial charge in [0.15, 0.2) is 0 Å². The van der Waals surface area contributed by atoms with Crippen LogP contribution in [0.1, 0.15) is 50.5 Å². The minimum Gasteiger partial charge on any atom is -0.396 e. The lowest BCUT2D eigenvalue weighted by atomic mass is 9.67. The third kappa shape index (κ3) is 5.84. The zero-order valence-corrected chi connectivity index (χ0v) is 15.4. The fourth-order valence-corrected chi connectivity index (χ4v) is 3.66. The van der Waals surface area contributed by atoms with Crippen LogP contribution in [0.3, 0.4) is 0 Å². The van der Waals surface area contributed by atoms with E-state index >= 15 is 0 Å². The summed E-state index contributed by atoms with van der Waals surface area (Å²) >= 11 is 0. The van der Waals surface area contributed by atoms with Gasteiger partial charge in [0, 0.05) is 24.1 Å². The van der Waals surface area contributed by atoms with Crippen LogP contribution in [-0.4, -0.2) is 42.4 Å². The molecule has 0 atom stereocenters. The molecule has 1 aliphatic rings. The fraction of sp³-hybridized carbons (Fsp3) is 0.571. The Morgan fingerprint density at radius 1 is 1.12 bits per heavy atom. The molecule has 0 radical (unpaired) electrons. The Morgan fingerprint density at radius 3 is 2.62 bits per heavy atom. The zero-order chi connectivity index (χ0) is 18.7. The fourth-order valence-electron chi connectivity index (χ4n) is 3.66. The summed E-state index contributed by atoms with van der Waals surface area (Å²) in [5.74, 6) is 6.13. The number of anilines is 1. The van der Waals surface area contributed by atoms with Crippen LogP contribution in [0, 0.1) is 11.8 Å². The van der Waals surface area contributed by atoms with Crippen molar-refractivity contribution in [1.29, 1.82) is 0 Å². The van der Waals surface area contributed by atoms with Gasteiger partial charge in [-0.1, -0.05) is 43.4 Å². The van der Waals surface area contributed by atoms with Gasteiger partial charge in [0.05, 0.1) is 6.54 Å². The van der Waals surface area contributed by atoms with Crippen LogP contribution in [0.15, 0.2) is 24.3 Å². The standard InChI is InChI=1S/C21H30N2O3/c24-16-8-15-22-14-7-6-13-21(11-4-1-5-12-21)18-9-2-3-10-19(18)23-20(26)17-25/h2-3,9-10,22,24-25H,1,4-5,8,11-17H2,(H,23,26). The van der Waals surface area contributed by atoms with E-state index in [1.54, 1.807) is 0 Å². The summed E-state index contributed by atoms with van der Waals surface area (Å²) in [6.07, 6.45) is 7.20. The van der Waals surface area contributed by atoms with E-state index in [1.807, 2.05) is 18.2 Å². The highest BCUT2D eigenvalue weighted by Crippen LogP contribution is 2.44. The minimum absolute atomic E-state index is 0.0460. The molecule has 0 spiro atoms.